The highest BCUT2D eigenvalue weighted by Crippen LogP contribution is 2.42. The van der Waals surface area contributed by atoms with Crippen molar-refractivity contribution in [3.8, 4) is 0 Å². The lowest BCUT2D eigenvalue weighted by Gasteiger charge is -2.31. The van der Waals surface area contributed by atoms with E-state index in [1.165, 1.54) is 13.2 Å². The molecule has 1 saturated heterocycles. The lowest BCUT2D eigenvalue weighted by atomic mass is 9.80. The van der Waals surface area contributed by atoms with E-state index in [4.69, 9.17) is 27.9 Å². The van der Waals surface area contributed by atoms with Gasteiger partial charge in [-0.25, -0.2) is 14.2 Å². The van der Waals surface area contributed by atoms with Crippen LogP contribution in [0.1, 0.15) is 47.4 Å². The number of fused-ring (bicyclic) bond motifs is 1. The number of hydrogen-bond donors (Lipinski definition) is 2. The minimum absolute atomic E-state index is 0.0189. The van der Waals surface area contributed by atoms with Crippen molar-refractivity contribution in [1.29, 1.82) is 0 Å². The molecule has 7 nitrogen and oxygen atoms in total. The number of benzene rings is 3. The molecule has 0 bridgehead atoms. The number of aromatic nitrogens is 2. The van der Waals surface area contributed by atoms with Gasteiger partial charge in [0.15, 0.2) is 0 Å². The highest BCUT2D eigenvalue weighted by Gasteiger charge is 2.50. The molecule has 40 heavy (non-hydrogen) atoms. The van der Waals surface area contributed by atoms with Crippen molar-refractivity contribution in [2.45, 2.75) is 50.7 Å². The number of carbonyl (C=O) groups is 2. The van der Waals surface area contributed by atoms with E-state index in [2.05, 4.69) is 20.2 Å². The molecule has 3 aromatic carbocycles. The number of anilines is 1. The Morgan fingerprint density at radius 3 is 2.70 bits per heavy atom. The van der Waals surface area contributed by atoms with Crippen LogP contribution in [0.4, 0.5) is 10.1 Å². The van der Waals surface area contributed by atoms with Gasteiger partial charge in [-0.05, 0) is 74.7 Å². The van der Waals surface area contributed by atoms with Crippen molar-refractivity contribution < 1.29 is 18.7 Å². The third kappa shape index (κ3) is 5.31. The number of aryl methyl sites for hydroxylation is 2. The number of esters is 1. The fourth-order valence-electron chi connectivity index (χ4n) is 5.63. The summed E-state index contributed by atoms with van der Waals surface area (Å²) in [6, 6.07) is 17.0. The van der Waals surface area contributed by atoms with Gasteiger partial charge in [-0.15, -0.1) is 0 Å². The smallest absolute Gasteiger partial charge is 0.337 e. The van der Waals surface area contributed by atoms with Crippen LogP contribution in [0.15, 0.2) is 60.7 Å². The van der Waals surface area contributed by atoms with Crippen molar-refractivity contribution in [3.05, 3.63) is 93.5 Å². The molecule has 0 saturated carbocycles. The third-order valence-electron chi connectivity index (χ3n) is 7.69. The Morgan fingerprint density at radius 2 is 1.95 bits per heavy atom. The van der Waals surface area contributed by atoms with Crippen LogP contribution in [0.2, 0.25) is 10.0 Å². The van der Waals surface area contributed by atoms with Gasteiger partial charge in [0, 0.05) is 29.2 Å². The van der Waals surface area contributed by atoms with Crippen LogP contribution in [0.3, 0.4) is 0 Å². The number of halogens is 3. The van der Waals surface area contributed by atoms with Gasteiger partial charge in [-0.1, -0.05) is 41.4 Å². The van der Waals surface area contributed by atoms with Crippen LogP contribution in [-0.4, -0.2) is 40.1 Å². The first kappa shape index (κ1) is 28.1. The maximum absolute atomic E-state index is 15.3. The number of rotatable bonds is 7. The number of nitrogens with one attached hydrogen (secondary N) is 2. The van der Waals surface area contributed by atoms with Gasteiger partial charge in [0.05, 0.1) is 28.7 Å². The zero-order valence-corrected chi connectivity index (χ0v) is 23.8. The van der Waals surface area contributed by atoms with Crippen molar-refractivity contribution in [2.75, 3.05) is 12.4 Å². The van der Waals surface area contributed by atoms with E-state index in [1.54, 1.807) is 55.5 Å². The molecule has 0 radical (unpaired) electrons. The normalized spacial score (nSPS) is 20.6. The van der Waals surface area contributed by atoms with Gasteiger partial charge in [0.25, 0.3) is 0 Å². The zero-order valence-electron chi connectivity index (χ0n) is 22.3. The van der Waals surface area contributed by atoms with Gasteiger partial charge in [0.1, 0.15) is 17.2 Å². The Hall–Kier alpha value is -3.46. The number of hydrogen-bond acceptors (Lipinski definition) is 5. The van der Waals surface area contributed by atoms with Crippen molar-refractivity contribution in [1.82, 2.24) is 14.9 Å². The first-order valence-corrected chi connectivity index (χ1v) is 13.7. The van der Waals surface area contributed by atoms with Crippen LogP contribution in [0.25, 0.3) is 11.0 Å². The lowest BCUT2D eigenvalue weighted by Crippen LogP contribution is -2.53. The molecule has 1 aliphatic heterocycles. The van der Waals surface area contributed by atoms with Gasteiger partial charge in [-0.3, -0.25) is 4.79 Å². The number of methoxy groups -OCH3 is 1. The van der Waals surface area contributed by atoms with E-state index in [0.717, 1.165) is 11.3 Å². The molecule has 3 atom stereocenters. The molecule has 10 heteroatoms. The average Bonchev–Trinajstić information content (AvgIpc) is 3.44. The fraction of sp³-hybridized carbons (Fsp3) is 0.300. The Bertz CT molecular complexity index is 1610. The SMILES string of the molecule is COC(=O)c1ccc2c(c1)nc(C)n2CC[C@H]1CC(c2cccc(Cl)c2F)[C@](C)(C(=O)Nc2cccc(Cl)c2)N1. The van der Waals surface area contributed by atoms with Gasteiger partial charge in [0.2, 0.25) is 5.91 Å². The summed E-state index contributed by atoms with van der Waals surface area (Å²) in [7, 11) is 1.34. The van der Waals surface area contributed by atoms with E-state index in [9.17, 15) is 9.59 Å². The van der Waals surface area contributed by atoms with E-state index in [0.29, 0.717) is 46.7 Å². The molecule has 0 aliphatic carbocycles. The molecule has 1 fully saturated rings. The van der Waals surface area contributed by atoms with Gasteiger partial charge < -0.3 is 19.9 Å². The summed E-state index contributed by atoms with van der Waals surface area (Å²) >= 11 is 12.3. The maximum atomic E-state index is 15.3. The minimum Gasteiger partial charge on any atom is -0.465 e. The first-order chi connectivity index (χ1) is 19.1. The molecule has 5 rings (SSSR count). The Morgan fingerprint density at radius 1 is 1.18 bits per heavy atom. The summed E-state index contributed by atoms with van der Waals surface area (Å²) < 4.78 is 22.2. The molecule has 2 N–H and O–H groups in total. The summed E-state index contributed by atoms with van der Waals surface area (Å²) in [6.45, 7) is 4.31. The van der Waals surface area contributed by atoms with Crippen molar-refractivity contribution >= 4 is 51.8 Å². The summed E-state index contributed by atoms with van der Waals surface area (Å²) in [5.41, 5.74) is 1.85. The van der Waals surface area contributed by atoms with Crippen molar-refractivity contribution in [2.24, 2.45) is 0 Å². The molecule has 4 aromatic rings. The molecule has 1 aromatic heterocycles. The maximum Gasteiger partial charge on any atom is 0.337 e. The van der Waals surface area contributed by atoms with E-state index in [-0.39, 0.29) is 17.0 Å². The predicted molar refractivity (Wildman–Crippen MR) is 155 cm³/mol. The van der Waals surface area contributed by atoms with Crippen molar-refractivity contribution in [3.63, 3.8) is 0 Å². The summed E-state index contributed by atoms with van der Waals surface area (Å²) in [6.07, 6.45) is 1.18. The van der Waals surface area contributed by atoms with E-state index in [1.807, 2.05) is 13.0 Å². The molecular weight excluding hydrogens is 554 g/mol. The summed E-state index contributed by atoms with van der Waals surface area (Å²) in [5.74, 6) is -0.899. The molecule has 0 spiro atoms. The second-order valence-electron chi connectivity index (χ2n) is 10.2. The summed E-state index contributed by atoms with van der Waals surface area (Å²) in [4.78, 5) is 30.3. The molecule has 208 valence electrons. The first-order valence-electron chi connectivity index (χ1n) is 12.9. The fourth-order valence-corrected chi connectivity index (χ4v) is 6.01. The second-order valence-corrected chi connectivity index (χ2v) is 11.1. The van der Waals surface area contributed by atoms with Crippen LogP contribution in [0.5, 0.6) is 0 Å². The number of nitrogens with zero attached hydrogens (tertiary/aromatic N) is 2. The van der Waals surface area contributed by atoms with Crippen LogP contribution < -0.4 is 10.6 Å². The number of carbonyl (C=O) groups excluding carboxylic acids is 2. The third-order valence-corrected chi connectivity index (χ3v) is 8.22. The topological polar surface area (TPSA) is 85.2 Å². The van der Waals surface area contributed by atoms with Crippen LogP contribution in [-0.2, 0) is 16.1 Å². The second kappa shape index (κ2) is 11.2. The van der Waals surface area contributed by atoms with Crippen LogP contribution in [0, 0.1) is 12.7 Å². The van der Waals surface area contributed by atoms with Gasteiger partial charge in [-0.2, -0.15) is 0 Å². The Balaban J connectivity index is 1.41. The van der Waals surface area contributed by atoms with E-state index < -0.39 is 23.2 Å². The van der Waals surface area contributed by atoms with Gasteiger partial charge >= 0.3 is 5.97 Å². The number of imidazole rings is 1. The molecule has 1 aliphatic rings. The predicted octanol–water partition coefficient (Wildman–Crippen LogP) is 6.51. The summed E-state index contributed by atoms with van der Waals surface area (Å²) in [5, 5.41) is 6.97. The average molecular weight is 583 g/mol. The largest absolute Gasteiger partial charge is 0.465 e. The molecule has 2 heterocycles. The van der Waals surface area contributed by atoms with E-state index >= 15 is 4.39 Å². The lowest BCUT2D eigenvalue weighted by molar-refractivity contribution is -0.121. The monoisotopic (exact) mass is 582 g/mol. The Kier molecular flexibility index (Phi) is 7.86. The minimum atomic E-state index is -1.13. The molecule has 1 unspecified atom stereocenters. The number of amides is 1. The highest BCUT2D eigenvalue weighted by molar-refractivity contribution is 6.31. The molecule has 1 amide bonds. The standard InChI is InChI=1S/C30H29Cl2FN4O3/c1-17-34-25-14-18(28(38)40-3)10-11-26(25)37(17)13-12-21-16-23(22-8-5-9-24(32)27(22)33)30(2,36-21)29(39)35-20-7-4-6-19(31)15-20/h4-11,14-15,21,23,36H,12-13,16H2,1-3H3,(H,35,39)/t21-,23?,30+/m0/s1. The highest BCUT2D eigenvalue weighted by atomic mass is 35.5. The molecular formula is C30H29Cl2FN4O3. The zero-order chi connectivity index (χ0) is 28.6. The number of ether oxygens (including phenoxy) is 1. The Labute approximate surface area is 241 Å². The quantitative estimate of drug-likeness (QED) is 0.243. The van der Waals surface area contributed by atoms with Crippen LogP contribution >= 0.6 is 23.2 Å².